The van der Waals surface area contributed by atoms with Gasteiger partial charge in [0.05, 0.1) is 17.1 Å². The van der Waals surface area contributed by atoms with Gasteiger partial charge in [0.1, 0.15) is 6.04 Å². The van der Waals surface area contributed by atoms with Gasteiger partial charge in [-0.25, -0.2) is 0 Å². The summed E-state index contributed by atoms with van der Waals surface area (Å²) in [5.74, 6) is -0.784. The Labute approximate surface area is 172 Å². The first-order chi connectivity index (χ1) is 13.5. The van der Waals surface area contributed by atoms with E-state index >= 15 is 0 Å². The number of rotatable bonds is 6. The fourth-order valence-electron chi connectivity index (χ4n) is 2.80. The van der Waals surface area contributed by atoms with Crippen LogP contribution in [0.25, 0.3) is 0 Å². The zero-order valence-electron chi connectivity index (χ0n) is 16.1. The second-order valence-electron chi connectivity index (χ2n) is 6.70. The van der Waals surface area contributed by atoms with Crippen LogP contribution in [0.4, 0.5) is 18.9 Å². The summed E-state index contributed by atoms with van der Waals surface area (Å²) in [5, 5.41) is 1.97. The standard InChI is InChI=1S/C20H21ClF3N3O2/c1-26(2)19(29)18(13-7-5-4-6-8-13)27(3)12-17(28)25-14-9-10-16(21)15(11-14)20(22,23)24/h4-11,18H,12H2,1-3H3,(H,25,28). The Morgan fingerprint density at radius 2 is 1.69 bits per heavy atom. The fourth-order valence-corrected chi connectivity index (χ4v) is 3.03. The Morgan fingerprint density at radius 3 is 2.24 bits per heavy atom. The normalized spacial score (nSPS) is 12.6. The summed E-state index contributed by atoms with van der Waals surface area (Å²) < 4.78 is 39.0. The highest BCUT2D eigenvalue weighted by molar-refractivity contribution is 6.31. The fraction of sp³-hybridized carbons (Fsp3) is 0.300. The van der Waals surface area contributed by atoms with Crippen molar-refractivity contribution in [2.45, 2.75) is 12.2 Å². The Balaban J connectivity index is 2.17. The van der Waals surface area contributed by atoms with Crippen molar-refractivity contribution < 1.29 is 22.8 Å². The Morgan fingerprint density at radius 1 is 1.07 bits per heavy atom. The molecule has 2 aromatic carbocycles. The number of carbonyl (C=O) groups is 2. The lowest BCUT2D eigenvalue weighted by Gasteiger charge is -2.29. The molecule has 1 atom stereocenters. The van der Waals surface area contributed by atoms with E-state index in [0.717, 1.165) is 12.1 Å². The lowest BCUT2D eigenvalue weighted by Crippen LogP contribution is -2.41. The van der Waals surface area contributed by atoms with Gasteiger partial charge in [-0.1, -0.05) is 41.9 Å². The first kappa shape index (κ1) is 22.7. The maximum atomic E-state index is 13.0. The third-order valence-corrected chi connectivity index (χ3v) is 4.51. The van der Waals surface area contributed by atoms with Gasteiger partial charge in [-0.15, -0.1) is 0 Å². The predicted octanol–water partition coefficient (Wildman–Crippen LogP) is 4.06. The van der Waals surface area contributed by atoms with Crippen LogP contribution in [0.5, 0.6) is 0 Å². The third kappa shape index (κ3) is 5.95. The highest BCUT2D eigenvalue weighted by atomic mass is 35.5. The van der Waals surface area contributed by atoms with Crippen LogP contribution in [0.15, 0.2) is 48.5 Å². The van der Waals surface area contributed by atoms with Gasteiger partial charge in [0.25, 0.3) is 0 Å². The van der Waals surface area contributed by atoms with E-state index < -0.39 is 28.7 Å². The van der Waals surface area contributed by atoms with E-state index in [0.29, 0.717) is 5.56 Å². The number of likely N-dealkylation sites (N-methyl/N-ethyl adjacent to an activating group) is 2. The zero-order valence-corrected chi connectivity index (χ0v) is 16.9. The van der Waals surface area contributed by atoms with Crippen molar-refractivity contribution in [2.75, 3.05) is 33.0 Å². The van der Waals surface area contributed by atoms with Gasteiger partial charge >= 0.3 is 6.18 Å². The highest BCUT2D eigenvalue weighted by Crippen LogP contribution is 2.36. The highest BCUT2D eigenvalue weighted by Gasteiger charge is 2.33. The molecule has 0 aromatic heterocycles. The molecule has 0 spiro atoms. The summed E-state index contributed by atoms with van der Waals surface area (Å²) in [7, 11) is 4.82. The molecule has 5 nitrogen and oxygen atoms in total. The second-order valence-corrected chi connectivity index (χ2v) is 7.11. The number of amides is 2. The van der Waals surface area contributed by atoms with Crippen molar-refractivity contribution in [3.63, 3.8) is 0 Å². The number of carbonyl (C=O) groups excluding carboxylic acids is 2. The molecule has 0 radical (unpaired) electrons. The molecule has 0 saturated carbocycles. The van der Waals surface area contributed by atoms with Gasteiger partial charge < -0.3 is 10.2 Å². The van der Waals surface area contributed by atoms with Crippen LogP contribution in [0, 0.1) is 0 Å². The molecule has 0 aliphatic rings. The molecule has 0 bridgehead atoms. The molecule has 0 saturated heterocycles. The largest absolute Gasteiger partial charge is 0.417 e. The van der Waals surface area contributed by atoms with Crippen LogP contribution in [-0.2, 0) is 15.8 Å². The molecular weight excluding hydrogens is 407 g/mol. The number of nitrogens with zero attached hydrogens (tertiary/aromatic N) is 2. The van der Waals surface area contributed by atoms with Crippen molar-refractivity contribution in [2.24, 2.45) is 0 Å². The second kappa shape index (κ2) is 9.28. The molecule has 0 heterocycles. The molecule has 0 aliphatic heterocycles. The molecule has 2 amide bonds. The van der Waals surface area contributed by atoms with Crippen LogP contribution in [0.3, 0.4) is 0 Å². The van der Waals surface area contributed by atoms with Gasteiger partial charge in [-0.05, 0) is 30.8 Å². The summed E-state index contributed by atoms with van der Waals surface area (Å²) in [5.41, 5.74) is -0.363. The van der Waals surface area contributed by atoms with Crippen LogP contribution in [-0.4, -0.2) is 49.3 Å². The van der Waals surface area contributed by atoms with Crippen LogP contribution >= 0.6 is 11.6 Å². The van der Waals surface area contributed by atoms with Crippen LogP contribution < -0.4 is 5.32 Å². The molecule has 2 aromatic rings. The molecular formula is C20H21ClF3N3O2. The molecule has 9 heteroatoms. The smallest absolute Gasteiger partial charge is 0.347 e. The van der Waals surface area contributed by atoms with Gasteiger partial charge in [0.2, 0.25) is 11.8 Å². The van der Waals surface area contributed by atoms with Crippen LogP contribution in [0.1, 0.15) is 17.2 Å². The van der Waals surface area contributed by atoms with Crippen molar-refractivity contribution in [3.05, 3.63) is 64.7 Å². The molecule has 0 fully saturated rings. The first-order valence-electron chi connectivity index (χ1n) is 8.63. The lowest BCUT2D eigenvalue weighted by atomic mass is 10.0. The van der Waals surface area contributed by atoms with Crippen molar-refractivity contribution in [3.8, 4) is 0 Å². The number of anilines is 1. The lowest BCUT2D eigenvalue weighted by molar-refractivity contribution is -0.137. The summed E-state index contributed by atoms with van der Waals surface area (Å²) in [4.78, 5) is 28.0. The molecule has 156 valence electrons. The molecule has 0 aliphatic carbocycles. The van der Waals surface area contributed by atoms with Crippen molar-refractivity contribution >= 4 is 29.1 Å². The van der Waals surface area contributed by atoms with E-state index in [2.05, 4.69) is 5.32 Å². The molecule has 1 unspecified atom stereocenters. The SMILES string of the molecule is CN(C)C(=O)C(c1ccccc1)N(C)CC(=O)Nc1ccc(Cl)c(C(F)(F)F)c1. The van der Waals surface area contributed by atoms with E-state index in [-0.39, 0.29) is 18.1 Å². The van der Waals surface area contributed by atoms with E-state index in [4.69, 9.17) is 11.6 Å². The summed E-state index contributed by atoms with van der Waals surface area (Å²) in [6.45, 7) is -0.205. The Kier molecular flexibility index (Phi) is 7.26. The van der Waals surface area contributed by atoms with Gasteiger partial charge in [0, 0.05) is 19.8 Å². The average molecular weight is 428 g/mol. The van der Waals surface area contributed by atoms with Crippen molar-refractivity contribution in [1.82, 2.24) is 9.80 Å². The summed E-state index contributed by atoms with van der Waals surface area (Å²) in [6.07, 6.45) is -4.63. The monoisotopic (exact) mass is 427 g/mol. The minimum absolute atomic E-state index is 0.0321. The molecule has 1 N–H and O–H groups in total. The average Bonchev–Trinajstić information content (AvgIpc) is 2.63. The van der Waals surface area contributed by atoms with E-state index in [1.54, 1.807) is 45.4 Å². The summed E-state index contributed by atoms with van der Waals surface area (Å²) >= 11 is 5.59. The maximum absolute atomic E-state index is 13.0. The zero-order chi connectivity index (χ0) is 21.8. The van der Waals surface area contributed by atoms with Crippen molar-refractivity contribution in [1.29, 1.82) is 0 Å². The van der Waals surface area contributed by atoms with E-state index in [1.165, 1.54) is 15.9 Å². The maximum Gasteiger partial charge on any atom is 0.417 e. The van der Waals surface area contributed by atoms with Gasteiger partial charge in [0.15, 0.2) is 0 Å². The Hall–Kier alpha value is -2.58. The minimum atomic E-state index is -4.63. The first-order valence-corrected chi connectivity index (χ1v) is 9.01. The number of nitrogens with one attached hydrogen (secondary N) is 1. The minimum Gasteiger partial charge on any atom is -0.347 e. The van der Waals surface area contributed by atoms with Gasteiger partial charge in [-0.3, -0.25) is 14.5 Å². The number of hydrogen-bond acceptors (Lipinski definition) is 3. The van der Waals surface area contributed by atoms with E-state index in [1.807, 2.05) is 6.07 Å². The van der Waals surface area contributed by atoms with Gasteiger partial charge in [-0.2, -0.15) is 13.2 Å². The third-order valence-electron chi connectivity index (χ3n) is 4.18. The summed E-state index contributed by atoms with van der Waals surface area (Å²) in [6, 6.07) is 11.3. The number of alkyl halides is 3. The van der Waals surface area contributed by atoms with Crippen LogP contribution in [0.2, 0.25) is 5.02 Å². The Bertz CT molecular complexity index is 873. The number of halogens is 4. The quantitative estimate of drug-likeness (QED) is 0.756. The predicted molar refractivity (Wildman–Crippen MR) is 106 cm³/mol. The van der Waals surface area contributed by atoms with E-state index in [9.17, 15) is 22.8 Å². The number of benzene rings is 2. The molecule has 2 rings (SSSR count). The molecule has 29 heavy (non-hydrogen) atoms. The number of hydrogen-bond donors (Lipinski definition) is 1. The topological polar surface area (TPSA) is 52.7 Å².